The molecule has 0 fully saturated rings. The molecule has 0 radical (unpaired) electrons. The highest BCUT2D eigenvalue weighted by molar-refractivity contribution is 6.20. The number of nitrogens with zero attached hydrogens (tertiary/aromatic N) is 5. The summed E-state index contributed by atoms with van der Waals surface area (Å²) in [5.41, 5.74) is 2.26. The minimum absolute atomic E-state index is 0. The van der Waals surface area contributed by atoms with Crippen molar-refractivity contribution in [1.29, 1.82) is 0 Å². The van der Waals surface area contributed by atoms with Gasteiger partial charge >= 0.3 is 0 Å². The van der Waals surface area contributed by atoms with Gasteiger partial charge < -0.3 is 24.2 Å². The van der Waals surface area contributed by atoms with Crippen LogP contribution in [0.15, 0.2) is 67.0 Å². The van der Waals surface area contributed by atoms with E-state index in [1.807, 2.05) is 68.6 Å². The highest BCUT2D eigenvalue weighted by atomic mass is 35.5. The van der Waals surface area contributed by atoms with E-state index >= 15 is 0 Å². The van der Waals surface area contributed by atoms with Crippen LogP contribution < -0.4 is 19.3 Å². The lowest BCUT2D eigenvalue weighted by Crippen LogP contribution is -2.47. The molecule has 12 heteroatoms. The zero-order valence-electron chi connectivity index (χ0n) is 28.1. The first-order chi connectivity index (χ1) is 21.5. The fraction of sp³-hybridized carbons (Fsp3) is 0.429. The summed E-state index contributed by atoms with van der Waals surface area (Å²) in [4.78, 5) is 50.7. The first kappa shape index (κ1) is 39.3. The molecule has 0 unspecified atom stereocenters. The van der Waals surface area contributed by atoms with E-state index in [2.05, 4.69) is 9.88 Å². The van der Waals surface area contributed by atoms with Crippen LogP contribution in [0.25, 0.3) is 0 Å². The zero-order valence-corrected chi connectivity index (χ0v) is 29.7. The van der Waals surface area contributed by atoms with Gasteiger partial charge in [0.15, 0.2) is 0 Å². The third-order valence-corrected chi connectivity index (χ3v) is 8.24. The van der Waals surface area contributed by atoms with Crippen molar-refractivity contribution >= 4 is 53.9 Å². The van der Waals surface area contributed by atoms with Gasteiger partial charge in [-0.2, -0.15) is 0 Å². The van der Waals surface area contributed by atoms with E-state index in [4.69, 9.17) is 9.47 Å². The summed E-state index contributed by atoms with van der Waals surface area (Å²) in [6.07, 6.45) is 4.64. The van der Waals surface area contributed by atoms with Gasteiger partial charge in [0.1, 0.15) is 16.9 Å². The number of benzene rings is 2. The Balaban J connectivity index is 0.00000384. The Hall–Kier alpha value is -3.86. The van der Waals surface area contributed by atoms with Crippen molar-refractivity contribution < 1.29 is 23.9 Å². The molecule has 10 nitrogen and oxygen atoms in total. The minimum atomic E-state index is -1.16. The lowest BCUT2D eigenvalue weighted by Gasteiger charge is -2.27. The van der Waals surface area contributed by atoms with Crippen LogP contribution in [0.4, 0.5) is 11.4 Å². The summed E-state index contributed by atoms with van der Waals surface area (Å²) in [6.45, 7) is 8.96. The molecule has 1 aliphatic rings. The first-order valence-corrected chi connectivity index (χ1v) is 15.4. The number of rotatable bonds is 14. The topological polar surface area (TPSA) is 95.5 Å². The first-order valence-electron chi connectivity index (χ1n) is 15.4. The predicted molar refractivity (Wildman–Crippen MR) is 190 cm³/mol. The molecule has 0 N–H and O–H groups in total. The van der Waals surface area contributed by atoms with E-state index < -0.39 is 5.41 Å². The standard InChI is InChI=1S/C35H45N5O5.2ClH/c1-7-40-30-13-12-29(24-31(30)38(5)33(42)35(2,3)34(40)43)45-21-9-18-39(25-26-14-16-36-17-15-26)20-19-37(4)32(41)23-27-10-8-11-28(22-27)44-6;;/h8,10-17,22,24H,7,9,18-21,23,25H2,1-6H3;2*1H. The summed E-state index contributed by atoms with van der Waals surface area (Å²) in [7, 11) is 5.16. The summed E-state index contributed by atoms with van der Waals surface area (Å²) in [5, 5.41) is 0. The Morgan fingerprint density at radius 1 is 0.894 bits per heavy atom. The number of carbonyl (C=O) groups is 3. The Bertz CT molecular complexity index is 1490. The van der Waals surface area contributed by atoms with Crippen molar-refractivity contribution in [2.45, 2.75) is 40.2 Å². The highest BCUT2D eigenvalue weighted by Gasteiger charge is 2.45. The Morgan fingerprint density at radius 3 is 2.30 bits per heavy atom. The van der Waals surface area contributed by atoms with Gasteiger partial charge in [-0.05, 0) is 74.7 Å². The van der Waals surface area contributed by atoms with Crippen molar-refractivity contribution in [3.8, 4) is 11.5 Å². The van der Waals surface area contributed by atoms with Crippen molar-refractivity contribution in [3.63, 3.8) is 0 Å². The summed E-state index contributed by atoms with van der Waals surface area (Å²) < 4.78 is 11.4. The normalized spacial score (nSPS) is 13.7. The van der Waals surface area contributed by atoms with E-state index in [-0.39, 0.29) is 42.5 Å². The fourth-order valence-electron chi connectivity index (χ4n) is 5.47. The smallest absolute Gasteiger partial charge is 0.242 e. The van der Waals surface area contributed by atoms with Gasteiger partial charge in [-0.1, -0.05) is 12.1 Å². The Kier molecular flexibility index (Phi) is 15.0. The number of pyridine rings is 1. The Morgan fingerprint density at radius 2 is 1.62 bits per heavy atom. The highest BCUT2D eigenvalue weighted by Crippen LogP contribution is 2.40. The van der Waals surface area contributed by atoms with E-state index in [1.54, 1.807) is 55.1 Å². The number of fused-ring (bicyclic) bond motifs is 1. The third-order valence-electron chi connectivity index (χ3n) is 8.24. The zero-order chi connectivity index (χ0) is 32.6. The molecular formula is C35H47Cl2N5O5. The van der Waals surface area contributed by atoms with E-state index in [0.29, 0.717) is 49.8 Å². The molecule has 0 atom stereocenters. The molecule has 1 aromatic heterocycles. The second-order valence-corrected chi connectivity index (χ2v) is 11.9. The minimum Gasteiger partial charge on any atom is -0.497 e. The summed E-state index contributed by atoms with van der Waals surface area (Å²) in [6, 6.07) is 17.1. The largest absolute Gasteiger partial charge is 0.497 e. The summed E-state index contributed by atoms with van der Waals surface area (Å²) >= 11 is 0. The number of ether oxygens (including phenoxy) is 2. The van der Waals surface area contributed by atoms with E-state index in [1.165, 1.54) is 0 Å². The predicted octanol–water partition coefficient (Wildman–Crippen LogP) is 5.26. The van der Waals surface area contributed by atoms with Gasteiger partial charge in [-0.15, -0.1) is 24.8 Å². The number of amides is 3. The van der Waals surface area contributed by atoms with Crippen molar-refractivity contribution in [2.75, 3.05) is 63.8 Å². The van der Waals surface area contributed by atoms with Gasteiger partial charge in [0, 0.05) is 65.3 Å². The van der Waals surface area contributed by atoms with Crippen LogP contribution in [0.1, 0.15) is 38.3 Å². The molecule has 0 bridgehead atoms. The molecule has 256 valence electrons. The van der Waals surface area contributed by atoms with Gasteiger partial charge in [0.2, 0.25) is 17.7 Å². The second-order valence-electron chi connectivity index (χ2n) is 11.9. The number of likely N-dealkylation sites (N-methyl/N-ethyl adjacent to an activating group) is 1. The maximum absolute atomic E-state index is 13.2. The molecule has 0 spiro atoms. The van der Waals surface area contributed by atoms with Crippen LogP contribution in [0.3, 0.4) is 0 Å². The molecule has 2 heterocycles. The number of aromatic nitrogens is 1. The summed E-state index contributed by atoms with van der Waals surface area (Å²) in [5.74, 6) is 0.966. The average molecular weight is 689 g/mol. The van der Waals surface area contributed by atoms with Crippen molar-refractivity contribution in [2.24, 2.45) is 5.41 Å². The van der Waals surface area contributed by atoms with Gasteiger partial charge in [0.25, 0.3) is 0 Å². The van der Waals surface area contributed by atoms with Gasteiger partial charge in [-0.25, -0.2) is 0 Å². The number of anilines is 2. The third kappa shape index (κ3) is 9.82. The molecule has 2 aromatic carbocycles. The fourth-order valence-corrected chi connectivity index (χ4v) is 5.47. The van der Waals surface area contributed by atoms with Crippen LogP contribution in [0, 0.1) is 5.41 Å². The quantitative estimate of drug-likeness (QED) is 0.169. The van der Waals surface area contributed by atoms with Crippen LogP contribution in [0.2, 0.25) is 0 Å². The molecule has 0 saturated carbocycles. The second kappa shape index (κ2) is 17.9. The molecule has 3 amide bonds. The SMILES string of the molecule is CCN1C(=O)C(C)(C)C(=O)N(C)c2cc(OCCCN(CCN(C)C(=O)Cc3cccc(OC)c3)Cc3ccncc3)ccc21.Cl.Cl. The molecule has 0 saturated heterocycles. The molecule has 1 aliphatic heterocycles. The maximum Gasteiger partial charge on any atom is 0.242 e. The van der Waals surface area contributed by atoms with Crippen LogP contribution in [0.5, 0.6) is 11.5 Å². The van der Waals surface area contributed by atoms with Crippen molar-refractivity contribution in [3.05, 3.63) is 78.1 Å². The number of carbonyl (C=O) groups excluding carboxylic acids is 3. The molecule has 3 aromatic rings. The van der Waals surface area contributed by atoms with Crippen LogP contribution in [-0.2, 0) is 27.3 Å². The lowest BCUT2D eigenvalue weighted by atomic mass is 9.90. The molecule has 4 rings (SSSR count). The number of halogens is 2. The number of methoxy groups -OCH3 is 1. The van der Waals surface area contributed by atoms with E-state index in [0.717, 1.165) is 36.4 Å². The Labute approximate surface area is 290 Å². The maximum atomic E-state index is 13.2. The van der Waals surface area contributed by atoms with E-state index in [9.17, 15) is 14.4 Å². The average Bonchev–Trinajstić information content (AvgIpc) is 3.10. The molecular weight excluding hydrogens is 641 g/mol. The lowest BCUT2D eigenvalue weighted by molar-refractivity contribution is -0.137. The molecule has 47 heavy (non-hydrogen) atoms. The van der Waals surface area contributed by atoms with Crippen molar-refractivity contribution in [1.82, 2.24) is 14.8 Å². The number of hydrogen-bond donors (Lipinski definition) is 0. The van der Waals surface area contributed by atoms with Gasteiger partial charge in [0.05, 0.1) is 31.5 Å². The van der Waals surface area contributed by atoms with Gasteiger partial charge in [-0.3, -0.25) is 24.3 Å². The van der Waals surface area contributed by atoms with Crippen LogP contribution >= 0.6 is 24.8 Å². The van der Waals surface area contributed by atoms with Crippen LogP contribution in [-0.4, -0.2) is 86.5 Å². The number of hydrogen-bond acceptors (Lipinski definition) is 7. The molecule has 0 aliphatic carbocycles. The monoisotopic (exact) mass is 687 g/mol.